The van der Waals surface area contributed by atoms with Crippen LogP contribution < -0.4 is 0 Å². The Hall–Kier alpha value is -0.920. The molecule has 0 saturated heterocycles. The minimum atomic E-state index is -0.243. The van der Waals surface area contributed by atoms with E-state index in [0.29, 0.717) is 17.9 Å². The summed E-state index contributed by atoms with van der Waals surface area (Å²) in [4.78, 5) is 2.48. The molecule has 116 valence electrons. The molecule has 0 aliphatic carbocycles. The van der Waals surface area contributed by atoms with E-state index in [-0.39, 0.29) is 5.60 Å². The molecule has 1 aliphatic rings. The van der Waals surface area contributed by atoms with Crippen LogP contribution in [0.5, 0.6) is 0 Å². The van der Waals surface area contributed by atoms with Gasteiger partial charge in [0.25, 0.3) is 0 Å². The lowest BCUT2D eigenvalue weighted by Crippen LogP contribution is -2.32. The molecule has 1 heterocycles. The lowest BCUT2D eigenvalue weighted by atomic mass is 9.97. The van der Waals surface area contributed by atoms with Gasteiger partial charge in [0.2, 0.25) is 0 Å². The van der Waals surface area contributed by atoms with Crippen LogP contribution in [-0.4, -0.2) is 16.5 Å². The van der Waals surface area contributed by atoms with E-state index in [1.54, 1.807) is 0 Å². The van der Waals surface area contributed by atoms with Gasteiger partial charge in [-0.2, -0.15) is 0 Å². The van der Waals surface area contributed by atoms with Crippen molar-refractivity contribution >= 4 is 0 Å². The van der Waals surface area contributed by atoms with Crippen LogP contribution in [0.2, 0.25) is 0 Å². The Bertz CT molecular complexity index is 425. The third-order valence-electron chi connectivity index (χ3n) is 4.27. The van der Waals surface area contributed by atoms with E-state index in [1.165, 1.54) is 17.0 Å². The molecule has 0 aromatic carbocycles. The van der Waals surface area contributed by atoms with Gasteiger partial charge < -0.3 is 9.64 Å². The normalized spacial score (nSPS) is 20.1. The van der Waals surface area contributed by atoms with Gasteiger partial charge in [0.1, 0.15) is 11.4 Å². The Kier molecular flexibility index (Phi) is 4.99. The molecule has 0 aromatic heterocycles. The van der Waals surface area contributed by atoms with Crippen LogP contribution in [0.4, 0.5) is 0 Å². The van der Waals surface area contributed by atoms with Crippen molar-refractivity contribution in [2.45, 2.75) is 80.9 Å². The molecule has 0 bridgehead atoms. The van der Waals surface area contributed by atoms with Crippen LogP contribution >= 0.6 is 0 Å². The minimum absolute atomic E-state index is 0.243. The van der Waals surface area contributed by atoms with E-state index in [1.807, 2.05) is 0 Å². The number of rotatable bonds is 3. The molecule has 0 aromatic rings. The Morgan fingerprint density at radius 3 is 1.75 bits per heavy atom. The van der Waals surface area contributed by atoms with Crippen molar-refractivity contribution in [1.82, 2.24) is 4.90 Å². The molecule has 0 amide bonds. The second-order valence-corrected chi connectivity index (χ2v) is 7.35. The molecule has 20 heavy (non-hydrogen) atoms. The molecule has 2 heteroatoms. The van der Waals surface area contributed by atoms with Gasteiger partial charge in [0, 0.05) is 17.7 Å². The van der Waals surface area contributed by atoms with Crippen LogP contribution in [0.25, 0.3) is 0 Å². The number of nitrogens with zero attached hydrogens (tertiary/aromatic N) is 1. The third kappa shape index (κ3) is 3.05. The van der Waals surface area contributed by atoms with Crippen LogP contribution in [0.15, 0.2) is 22.7 Å². The first-order valence-electron chi connectivity index (χ1n) is 7.91. The summed E-state index contributed by atoms with van der Waals surface area (Å²) in [6, 6.07) is 0.439. The summed E-state index contributed by atoms with van der Waals surface area (Å²) in [5, 5.41) is 0. The Balaban J connectivity index is 3.62. The quantitative estimate of drug-likeness (QED) is 0.693. The van der Waals surface area contributed by atoms with Gasteiger partial charge in [0.15, 0.2) is 0 Å². The van der Waals surface area contributed by atoms with E-state index in [2.05, 4.69) is 74.1 Å². The Labute approximate surface area is 125 Å². The molecule has 0 fully saturated rings. The van der Waals surface area contributed by atoms with Crippen LogP contribution in [-0.2, 0) is 4.74 Å². The van der Waals surface area contributed by atoms with Gasteiger partial charge in [-0.05, 0) is 53.0 Å². The second-order valence-electron chi connectivity index (χ2n) is 7.35. The van der Waals surface area contributed by atoms with Crippen molar-refractivity contribution < 1.29 is 4.74 Å². The van der Waals surface area contributed by atoms with Crippen molar-refractivity contribution in [2.75, 3.05) is 0 Å². The van der Waals surface area contributed by atoms with Crippen molar-refractivity contribution in [3.05, 3.63) is 22.7 Å². The number of hydrogen-bond donors (Lipinski definition) is 0. The third-order valence-corrected chi connectivity index (χ3v) is 4.27. The highest BCUT2D eigenvalue weighted by Gasteiger charge is 2.35. The predicted octanol–water partition coefficient (Wildman–Crippen LogP) is 5.32. The van der Waals surface area contributed by atoms with E-state index >= 15 is 0 Å². The van der Waals surface area contributed by atoms with E-state index in [9.17, 15) is 0 Å². The molecule has 0 N–H and O–H groups in total. The summed E-state index contributed by atoms with van der Waals surface area (Å²) < 4.78 is 6.48. The Morgan fingerprint density at radius 2 is 1.40 bits per heavy atom. The molecular formula is C18H33NO. The monoisotopic (exact) mass is 279 g/mol. The largest absolute Gasteiger partial charge is 0.486 e. The lowest BCUT2D eigenvalue weighted by molar-refractivity contribution is 0.0491. The van der Waals surface area contributed by atoms with Crippen molar-refractivity contribution in [3.8, 4) is 0 Å². The predicted molar refractivity (Wildman–Crippen MR) is 87.2 cm³/mol. The molecule has 2 nitrogen and oxygen atoms in total. The fraction of sp³-hybridized carbons (Fsp3) is 0.778. The molecule has 0 radical (unpaired) electrons. The first-order chi connectivity index (χ1) is 9.00. The zero-order valence-corrected chi connectivity index (χ0v) is 15.1. The maximum Gasteiger partial charge on any atom is 0.126 e. The maximum atomic E-state index is 6.48. The van der Waals surface area contributed by atoms with Gasteiger partial charge in [-0.15, -0.1) is 0 Å². The summed E-state index contributed by atoms with van der Waals surface area (Å²) in [6.07, 6.45) is 0. The second kappa shape index (κ2) is 5.83. The summed E-state index contributed by atoms with van der Waals surface area (Å²) in [5.74, 6) is 1.99. The molecule has 0 atom stereocenters. The zero-order chi connectivity index (χ0) is 15.8. The van der Waals surface area contributed by atoms with Gasteiger partial charge in [0.05, 0.1) is 5.70 Å². The zero-order valence-electron chi connectivity index (χ0n) is 15.1. The maximum absolute atomic E-state index is 6.48. The van der Waals surface area contributed by atoms with Gasteiger partial charge in [-0.25, -0.2) is 0 Å². The number of allylic oxidation sites excluding steroid dienone is 3. The van der Waals surface area contributed by atoms with E-state index in [4.69, 9.17) is 4.74 Å². The molecule has 1 aliphatic heterocycles. The molecular weight excluding hydrogens is 246 g/mol. The highest BCUT2D eigenvalue weighted by Crippen LogP contribution is 2.40. The lowest BCUT2D eigenvalue weighted by Gasteiger charge is -2.35. The fourth-order valence-corrected chi connectivity index (χ4v) is 2.96. The fourth-order valence-electron chi connectivity index (χ4n) is 2.96. The van der Waals surface area contributed by atoms with E-state index < -0.39 is 0 Å². The van der Waals surface area contributed by atoms with Crippen molar-refractivity contribution in [3.63, 3.8) is 0 Å². The summed E-state index contributed by atoms with van der Waals surface area (Å²) in [7, 11) is 0. The average molecular weight is 279 g/mol. The summed E-state index contributed by atoms with van der Waals surface area (Å²) in [5.41, 5.74) is 3.76. The summed E-state index contributed by atoms with van der Waals surface area (Å²) >= 11 is 0. The SMILES string of the molecule is CC1=C(C)C(C)(C)OC(C(C)C)=C(C(C)C)N1C(C)C. The first-order valence-corrected chi connectivity index (χ1v) is 7.91. The van der Waals surface area contributed by atoms with Crippen LogP contribution in [0.3, 0.4) is 0 Å². The van der Waals surface area contributed by atoms with Crippen molar-refractivity contribution in [1.29, 1.82) is 0 Å². The Morgan fingerprint density at radius 1 is 0.900 bits per heavy atom. The molecule has 1 rings (SSSR count). The van der Waals surface area contributed by atoms with Crippen LogP contribution in [0, 0.1) is 11.8 Å². The minimum Gasteiger partial charge on any atom is -0.486 e. The standard InChI is InChI=1S/C18H33NO/c1-11(2)16-17(12(3)4)20-18(9,10)14(7)15(8)19(16)13(5)6/h11-13H,1-10H3. The van der Waals surface area contributed by atoms with Gasteiger partial charge in [-0.1, -0.05) is 27.7 Å². The smallest absolute Gasteiger partial charge is 0.126 e. The molecule has 0 unspecified atom stereocenters. The van der Waals surface area contributed by atoms with E-state index in [0.717, 1.165) is 5.76 Å². The number of hydrogen-bond acceptors (Lipinski definition) is 2. The highest BCUT2D eigenvalue weighted by molar-refractivity contribution is 5.30. The topological polar surface area (TPSA) is 12.5 Å². The highest BCUT2D eigenvalue weighted by atomic mass is 16.5. The summed E-state index contributed by atoms with van der Waals surface area (Å²) in [6.45, 7) is 22.3. The van der Waals surface area contributed by atoms with Crippen molar-refractivity contribution in [2.24, 2.45) is 11.8 Å². The number of ether oxygens (including phenoxy) is 1. The van der Waals surface area contributed by atoms with Gasteiger partial charge in [-0.3, -0.25) is 0 Å². The molecule has 0 saturated carbocycles. The van der Waals surface area contributed by atoms with Crippen LogP contribution in [0.1, 0.15) is 69.2 Å². The average Bonchev–Trinajstić information content (AvgIpc) is 2.37. The first kappa shape index (κ1) is 17.1. The van der Waals surface area contributed by atoms with Gasteiger partial charge >= 0.3 is 0 Å². The molecule has 0 spiro atoms.